The molecule has 0 aliphatic heterocycles. The van der Waals surface area contributed by atoms with Gasteiger partial charge in [0.05, 0.1) is 11.0 Å². The maximum atomic E-state index is 11.4. The summed E-state index contributed by atoms with van der Waals surface area (Å²) >= 11 is 0. The predicted molar refractivity (Wildman–Crippen MR) is 79.6 cm³/mol. The predicted octanol–water partition coefficient (Wildman–Crippen LogP) is 2.52. The van der Waals surface area contributed by atoms with E-state index in [4.69, 9.17) is 0 Å². The van der Waals surface area contributed by atoms with Gasteiger partial charge in [0.15, 0.2) is 0 Å². The van der Waals surface area contributed by atoms with Crippen LogP contribution in [-0.2, 0) is 6.42 Å². The molecular formula is C15H23N3O. The highest BCUT2D eigenvalue weighted by atomic mass is 16.1. The number of hydrogen-bond donors (Lipinski definition) is 2. The molecule has 2 N–H and O–H groups in total. The summed E-state index contributed by atoms with van der Waals surface area (Å²) in [6, 6.07) is 6.04. The van der Waals surface area contributed by atoms with Crippen LogP contribution in [0.15, 0.2) is 23.0 Å². The van der Waals surface area contributed by atoms with Crippen LogP contribution in [0.3, 0.4) is 0 Å². The van der Waals surface area contributed by atoms with E-state index in [0.29, 0.717) is 0 Å². The maximum absolute atomic E-state index is 11.4. The molecule has 0 radical (unpaired) electrons. The van der Waals surface area contributed by atoms with E-state index in [1.165, 1.54) is 18.4 Å². The number of aromatic nitrogens is 2. The highest BCUT2D eigenvalue weighted by molar-refractivity contribution is 5.78. The first-order valence-corrected chi connectivity index (χ1v) is 7.16. The first-order chi connectivity index (χ1) is 9.24. The average molecular weight is 261 g/mol. The number of imidazole rings is 1. The van der Waals surface area contributed by atoms with Crippen LogP contribution in [0, 0.1) is 0 Å². The number of nitrogens with zero attached hydrogens (tertiary/aromatic N) is 1. The summed E-state index contributed by atoms with van der Waals surface area (Å²) in [6.07, 6.45) is 3.35. The molecule has 0 bridgehead atoms. The van der Waals surface area contributed by atoms with Crippen molar-refractivity contribution in [1.29, 1.82) is 0 Å². The van der Waals surface area contributed by atoms with E-state index in [1.54, 1.807) is 0 Å². The number of hydrogen-bond acceptors (Lipinski definition) is 2. The van der Waals surface area contributed by atoms with Crippen molar-refractivity contribution in [2.24, 2.45) is 0 Å². The standard InChI is InChI=1S/C15H23N3O/c1-3-9-18(10-4-2)11-8-12-6-5-7-13-14(12)17-15(19)16-13/h5-7H,3-4,8-11H2,1-2H3,(H2,16,17,19). The van der Waals surface area contributed by atoms with Gasteiger partial charge in [-0.2, -0.15) is 0 Å². The molecule has 4 heteroatoms. The lowest BCUT2D eigenvalue weighted by Gasteiger charge is -2.20. The summed E-state index contributed by atoms with van der Waals surface area (Å²) < 4.78 is 0. The SMILES string of the molecule is CCCN(CCC)CCc1cccc2[nH]c(=O)[nH]c12. The lowest BCUT2D eigenvalue weighted by Crippen LogP contribution is -2.27. The molecule has 19 heavy (non-hydrogen) atoms. The first kappa shape index (κ1) is 13.9. The quantitative estimate of drug-likeness (QED) is 0.804. The molecule has 0 saturated carbocycles. The van der Waals surface area contributed by atoms with Gasteiger partial charge in [0.1, 0.15) is 0 Å². The molecule has 2 rings (SSSR count). The van der Waals surface area contributed by atoms with E-state index < -0.39 is 0 Å². The van der Waals surface area contributed by atoms with E-state index in [2.05, 4.69) is 34.8 Å². The largest absolute Gasteiger partial charge is 0.323 e. The smallest absolute Gasteiger partial charge is 0.306 e. The Kier molecular flexibility index (Phi) is 4.80. The second-order valence-corrected chi connectivity index (χ2v) is 5.01. The Hall–Kier alpha value is -1.55. The number of para-hydroxylation sites is 1. The van der Waals surface area contributed by atoms with Crippen molar-refractivity contribution in [3.63, 3.8) is 0 Å². The summed E-state index contributed by atoms with van der Waals surface area (Å²) in [5.41, 5.74) is 2.95. The zero-order valence-corrected chi connectivity index (χ0v) is 11.8. The van der Waals surface area contributed by atoms with Crippen molar-refractivity contribution < 1.29 is 0 Å². The molecule has 104 valence electrons. The van der Waals surface area contributed by atoms with Crippen LogP contribution in [0.4, 0.5) is 0 Å². The van der Waals surface area contributed by atoms with Gasteiger partial charge in [-0.05, 0) is 44.0 Å². The zero-order chi connectivity index (χ0) is 13.7. The van der Waals surface area contributed by atoms with Gasteiger partial charge >= 0.3 is 5.69 Å². The summed E-state index contributed by atoms with van der Waals surface area (Å²) in [6.45, 7) is 7.77. The molecule has 4 nitrogen and oxygen atoms in total. The molecule has 0 amide bonds. The van der Waals surface area contributed by atoms with Crippen LogP contribution >= 0.6 is 0 Å². The Labute approximate surface area is 113 Å². The molecular weight excluding hydrogens is 238 g/mol. The van der Waals surface area contributed by atoms with Crippen molar-refractivity contribution in [2.75, 3.05) is 19.6 Å². The monoisotopic (exact) mass is 261 g/mol. The Morgan fingerprint density at radius 2 is 1.79 bits per heavy atom. The van der Waals surface area contributed by atoms with E-state index >= 15 is 0 Å². The molecule has 0 unspecified atom stereocenters. The second kappa shape index (κ2) is 6.57. The number of aromatic amines is 2. The average Bonchev–Trinajstić information content (AvgIpc) is 2.77. The van der Waals surface area contributed by atoms with Crippen LogP contribution < -0.4 is 5.69 Å². The number of rotatable bonds is 7. The Balaban J connectivity index is 2.10. The lowest BCUT2D eigenvalue weighted by molar-refractivity contribution is 0.278. The van der Waals surface area contributed by atoms with Gasteiger partial charge in [-0.15, -0.1) is 0 Å². The topological polar surface area (TPSA) is 51.9 Å². The molecule has 0 atom stereocenters. The molecule has 0 spiro atoms. The third kappa shape index (κ3) is 3.47. The lowest BCUT2D eigenvalue weighted by atomic mass is 10.1. The normalized spacial score (nSPS) is 11.5. The van der Waals surface area contributed by atoms with Crippen molar-refractivity contribution in [2.45, 2.75) is 33.1 Å². The first-order valence-electron chi connectivity index (χ1n) is 7.16. The van der Waals surface area contributed by atoms with E-state index in [1.807, 2.05) is 12.1 Å². The van der Waals surface area contributed by atoms with Gasteiger partial charge in [0.25, 0.3) is 0 Å². The molecule has 1 aromatic heterocycles. The number of nitrogens with one attached hydrogen (secondary N) is 2. The Morgan fingerprint density at radius 1 is 1.05 bits per heavy atom. The minimum absolute atomic E-state index is 0.124. The Bertz CT molecular complexity index is 564. The molecule has 0 fully saturated rings. The molecule has 0 aliphatic rings. The van der Waals surface area contributed by atoms with Gasteiger partial charge < -0.3 is 14.9 Å². The van der Waals surface area contributed by atoms with Gasteiger partial charge in [-0.3, -0.25) is 0 Å². The van der Waals surface area contributed by atoms with Crippen molar-refractivity contribution >= 4 is 11.0 Å². The molecule has 0 saturated heterocycles. The highest BCUT2D eigenvalue weighted by Gasteiger charge is 2.07. The van der Waals surface area contributed by atoms with Crippen molar-refractivity contribution in [3.05, 3.63) is 34.2 Å². The fraction of sp³-hybridized carbons (Fsp3) is 0.533. The van der Waals surface area contributed by atoms with Gasteiger partial charge in [-0.25, -0.2) is 4.79 Å². The van der Waals surface area contributed by atoms with E-state index in [0.717, 1.165) is 37.1 Å². The van der Waals surface area contributed by atoms with Gasteiger partial charge in [-0.1, -0.05) is 26.0 Å². The fourth-order valence-electron chi connectivity index (χ4n) is 2.57. The number of H-pyrrole nitrogens is 2. The van der Waals surface area contributed by atoms with Crippen LogP contribution in [0.1, 0.15) is 32.3 Å². The molecule has 1 aromatic carbocycles. The van der Waals surface area contributed by atoms with Crippen LogP contribution in [0.2, 0.25) is 0 Å². The molecule has 1 heterocycles. The number of fused-ring (bicyclic) bond motifs is 1. The van der Waals surface area contributed by atoms with Crippen LogP contribution in [0.25, 0.3) is 11.0 Å². The van der Waals surface area contributed by atoms with Gasteiger partial charge in [0.2, 0.25) is 0 Å². The third-order valence-electron chi connectivity index (χ3n) is 3.41. The van der Waals surface area contributed by atoms with E-state index in [-0.39, 0.29) is 5.69 Å². The maximum Gasteiger partial charge on any atom is 0.323 e. The summed E-state index contributed by atoms with van der Waals surface area (Å²) in [5, 5.41) is 0. The number of benzene rings is 1. The minimum atomic E-state index is -0.124. The van der Waals surface area contributed by atoms with E-state index in [9.17, 15) is 4.79 Å². The highest BCUT2D eigenvalue weighted by Crippen LogP contribution is 2.14. The minimum Gasteiger partial charge on any atom is -0.306 e. The van der Waals surface area contributed by atoms with Crippen LogP contribution in [-0.4, -0.2) is 34.5 Å². The summed E-state index contributed by atoms with van der Waals surface area (Å²) in [4.78, 5) is 19.5. The summed E-state index contributed by atoms with van der Waals surface area (Å²) in [5.74, 6) is 0. The van der Waals surface area contributed by atoms with Gasteiger partial charge in [0, 0.05) is 6.54 Å². The second-order valence-electron chi connectivity index (χ2n) is 5.01. The van der Waals surface area contributed by atoms with Crippen molar-refractivity contribution in [3.8, 4) is 0 Å². The fourth-order valence-corrected chi connectivity index (χ4v) is 2.57. The van der Waals surface area contributed by atoms with Crippen LogP contribution in [0.5, 0.6) is 0 Å². The third-order valence-corrected chi connectivity index (χ3v) is 3.41. The summed E-state index contributed by atoms with van der Waals surface area (Å²) in [7, 11) is 0. The zero-order valence-electron chi connectivity index (χ0n) is 11.8. The molecule has 2 aromatic rings. The van der Waals surface area contributed by atoms with Crippen molar-refractivity contribution in [1.82, 2.24) is 14.9 Å². The molecule has 0 aliphatic carbocycles. The Morgan fingerprint density at radius 3 is 2.47 bits per heavy atom.